The van der Waals surface area contributed by atoms with Gasteiger partial charge in [0.2, 0.25) is 0 Å². The molecule has 4 heteroatoms. The Morgan fingerprint density at radius 3 is 2.25 bits per heavy atom. The molecule has 0 bridgehead atoms. The van der Waals surface area contributed by atoms with Gasteiger partial charge >= 0.3 is 0 Å². The van der Waals surface area contributed by atoms with Crippen LogP contribution in [-0.2, 0) is 9.47 Å². The lowest BCUT2D eigenvalue weighted by Gasteiger charge is -2.16. The van der Waals surface area contributed by atoms with Gasteiger partial charge in [-0.05, 0) is 13.8 Å². The van der Waals surface area contributed by atoms with Gasteiger partial charge in [-0.2, -0.15) is 0 Å². The van der Waals surface area contributed by atoms with Crippen LogP contribution in [0.25, 0.3) is 0 Å². The summed E-state index contributed by atoms with van der Waals surface area (Å²) in [4.78, 5) is 0. The molecule has 0 aliphatic carbocycles. The molecule has 3 N–H and O–H groups in total. The van der Waals surface area contributed by atoms with Gasteiger partial charge in [-0.1, -0.05) is 0 Å². The van der Waals surface area contributed by atoms with E-state index in [-0.39, 0.29) is 6.29 Å². The zero-order valence-electron chi connectivity index (χ0n) is 8.01. The fourth-order valence-electron chi connectivity index (χ4n) is 0.860. The smallest absolute Gasteiger partial charge is 0.169 e. The van der Waals surface area contributed by atoms with Crippen LogP contribution >= 0.6 is 0 Å². The van der Waals surface area contributed by atoms with E-state index in [4.69, 9.17) is 15.2 Å². The Kier molecular flexibility index (Phi) is 8.81. The van der Waals surface area contributed by atoms with Gasteiger partial charge in [-0.25, -0.2) is 0 Å². The van der Waals surface area contributed by atoms with E-state index in [0.29, 0.717) is 26.3 Å². The molecule has 0 atom stereocenters. The second-order valence-corrected chi connectivity index (χ2v) is 2.33. The molecule has 0 unspecified atom stereocenters. The maximum absolute atomic E-state index is 5.32. The summed E-state index contributed by atoms with van der Waals surface area (Å²) in [6, 6.07) is 0. The van der Waals surface area contributed by atoms with Crippen molar-refractivity contribution in [1.29, 1.82) is 0 Å². The molecular weight excluding hydrogens is 156 g/mol. The molecule has 0 saturated heterocycles. The van der Waals surface area contributed by atoms with Gasteiger partial charge in [0.05, 0.1) is 0 Å². The molecule has 0 heterocycles. The van der Waals surface area contributed by atoms with Crippen LogP contribution in [0.3, 0.4) is 0 Å². The molecule has 4 nitrogen and oxygen atoms in total. The summed E-state index contributed by atoms with van der Waals surface area (Å²) in [5.74, 6) is 0. The molecule has 12 heavy (non-hydrogen) atoms. The first-order chi connectivity index (χ1) is 5.85. The van der Waals surface area contributed by atoms with E-state index >= 15 is 0 Å². The van der Waals surface area contributed by atoms with Gasteiger partial charge in [0, 0.05) is 32.8 Å². The second-order valence-electron chi connectivity index (χ2n) is 2.33. The summed E-state index contributed by atoms with van der Waals surface area (Å²) < 4.78 is 10.6. The maximum atomic E-state index is 5.32. The predicted molar refractivity (Wildman–Crippen MR) is 49.0 cm³/mol. The topological polar surface area (TPSA) is 56.5 Å². The molecule has 0 rings (SSSR count). The first-order valence-electron chi connectivity index (χ1n) is 4.49. The van der Waals surface area contributed by atoms with E-state index in [0.717, 1.165) is 6.54 Å². The molecule has 0 aromatic rings. The summed E-state index contributed by atoms with van der Waals surface area (Å²) in [6.07, 6.45) is -0.133. The molecule has 0 saturated carbocycles. The monoisotopic (exact) mass is 176 g/mol. The number of ether oxygens (including phenoxy) is 2. The van der Waals surface area contributed by atoms with Crippen molar-refractivity contribution < 1.29 is 9.47 Å². The predicted octanol–water partition coefficient (Wildman–Crippen LogP) is -0.0662. The number of nitrogens with two attached hydrogens (primary N) is 1. The van der Waals surface area contributed by atoms with Crippen molar-refractivity contribution in [2.75, 3.05) is 32.8 Å². The van der Waals surface area contributed by atoms with Gasteiger partial charge in [0.15, 0.2) is 6.29 Å². The Labute approximate surface area is 74.4 Å². The van der Waals surface area contributed by atoms with Gasteiger partial charge in [0.1, 0.15) is 0 Å². The Bertz CT molecular complexity index is 85.1. The second kappa shape index (κ2) is 8.93. The number of rotatable bonds is 8. The highest BCUT2D eigenvalue weighted by Gasteiger charge is 2.05. The number of nitrogens with one attached hydrogen (secondary N) is 1. The van der Waals surface area contributed by atoms with Crippen molar-refractivity contribution in [2.45, 2.75) is 20.1 Å². The van der Waals surface area contributed by atoms with E-state index in [1.54, 1.807) is 0 Å². The van der Waals surface area contributed by atoms with Gasteiger partial charge in [0.25, 0.3) is 0 Å². The molecular formula is C8H20N2O2. The largest absolute Gasteiger partial charge is 0.352 e. The molecule has 0 spiro atoms. The Hall–Kier alpha value is -0.160. The third-order valence-electron chi connectivity index (χ3n) is 1.34. The zero-order chi connectivity index (χ0) is 9.23. The van der Waals surface area contributed by atoms with Crippen LogP contribution in [0.1, 0.15) is 13.8 Å². The molecule has 0 fully saturated rings. The molecule has 0 aliphatic heterocycles. The molecule has 0 aromatic heterocycles. The lowest BCUT2D eigenvalue weighted by molar-refractivity contribution is -0.132. The first kappa shape index (κ1) is 11.8. The van der Waals surface area contributed by atoms with Crippen molar-refractivity contribution >= 4 is 0 Å². The summed E-state index contributed by atoms with van der Waals surface area (Å²) in [5, 5.41) is 3.13. The SMILES string of the molecule is CCOC(CNCCN)OCC. The van der Waals surface area contributed by atoms with E-state index in [1.807, 2.05) is 13.8 Å². The third kappa shape index (κ3) is 6.54. The van der Waals surface area contributed by atoms with Crippen molar-refractivity contribution in [3.63, 3.8) is 0 Å². The molecule has 0 amide bonds. The Balaban J connectivity index is 3.34. The molecule has 0 aromatic carbocycles. The maximum Gasteiger partial charge on any atom is 0.169 e. The lowest BCUT2D eigenvalue weighted by Crippen LogP contribution is -2.34. The van der Waals surface area contributed by atoms with Crippen LogP contribution in [0.4, 0.5) is 0 Å². The summed E-state index contributed by atoms with van der Waals surface area (Å²) >= 11 is 0. The van der Waals surface area contributed by atoms with Crippen LogP contribution in [0, 0.1) is 0 Å². The third-order valence-corrected chi connectivity index (χ3v) is 1.34. The average Bonchev–Trinajstić information content (AvgIpc) is 2.06. The number of hydrogen-bond donors (Lipinski definition) is 2. The van der Waals surface area contributed by atoms with Crippen molar-refractivity contribution in [3.05, 3.63) is 0 Å². The first-order valence-corrected chi connectivity index (χ1v) is 4.49. The summed E-state index contributed by atoms with van der Waals surface area (Å²) in [7, 11) is 0. The summed E-state index contributed by atoms with van der Waals surface area (Å²) in [6.45, 7) is 7.41. The Morgan fingerprint density at radius 2 is 1.83 bits per heavy atom. The highest BCUT2D eigenvalue weighted by molar-refractivity contribution is 4.51. The van der Waals surface area contributed by atoms with Gasteiger partial charge in [-0.15, -0.1) is 0 Å². The van der Waals surface area contributed by atoms with Crippen molar-refractivity contribution in [2.24, 2.45) is 5.73 Å². The standard InChI is InChI=1S/C8H20N2O2/c1-3-11-8(12-4-2)7-10-6-5-9/h8,10H,3-7,9H2,1-2H3. The fourth-order valence-corrected chi connectivity index (χ4v) is 0.860. The van der Waals surface area contributed by atoms with Crippen LogP contribution in [0.15, 0.2) is 0 Å². The van der Waals surface area contributed by atoms with E-state index in [9.17, 15) is 0 Å². The van der Waals surface area contributed by atoms with Gasteiger partial charge < -0.3 is 20.5 Å². The normalized spacial score (nSPS) is 11.0. The molecule has 0 radical (unpaired) electrons. The lowest BCUT2D eigenvalue weighted by atomic mass is 10.5. The van der Waals surface area contributed by atoms with Crippen LogP contribution < -0.4 is 11.1 Å². The van der Waals surface area contributed by atoms with E-state index in [2.05, 4.69) is 5.32 Å². The average molecular weight is 176 g/mol. The van der Waals surface area contributed by atoms with E-state index in [1.165, 1.54) is 0 Å². The minimum absolute atomic E-state index is 0.133. The number of hydrogen-bond acceptors (Lipinski definition) is 4. The minimum atomic E-state index is -0.133. The quantitative estimate of drug-likeness (QED) is 0.401. The van der Waals surface area contributed by atoms with Crippen LogP contribution in [0.5, 0.6) is 0 Å². The van der Waals surface area contributed by atoms with Crippen LogP contribution in [-0.4, -0.2) is 39.1 Å². The zero-order valence-corrected chi connectivity index (χ0v) is 8.01. The van der Waals surface area contributed by atoms with Crippen molar-refractivity contribution in [3.8, 4) is 0 Å². The fraction of sp³-hybridized carbons (Fsp3) is 1.00. The van der Waals surface area contributed by atoms with E-state index < -0.39 is 0 Å². The highest BCUT2D eigenvalue weighted by Crippen LogP contribution is 1.92. The highest BCUT2D eigenvalue weighted by atomic mass is 16.7. The molecule has 0 aliphatic rings. The molecule has 74 valence electrons. The Morgan fingerprint density at radius 1 is 1.25 bits per heavy atom. The van der Waals surface area contributed by atoms with Crippen LogP contribution in [0.2, 0.25) is 0 Å². The van der Waals surface area contributed by atoms with Gasteiger partial charge in [-0.3, -0.25) is 0 Å². The minimum Gasteiger partial charge on any atom is -0.352 e. The van der Waals surface area contributed by atoms with Crippen molar-refractivity contribution in [1.82, 2.24) is 5.32 Å². The summed E-state index contributed by atoms with van der Waals surface area (Å²) in [5.41, 5.74) is 5.32.